The van der Waals surface area contributed by atoms with Crippen molar-refractivity contribution in [2.24, 2.45) is 23.7 Å². The molecule has 0 heterocycles. The number of ether oxygens (including phenoxy) is 4. The number of aliphatic hydroxyl groups is 1. The zero-order chi connectivity index (χ0) is 62.5. The fourth-order valence-electron chi connectivity index (χ4n) is 9.57. The Balaban J connectivity index is 5.25. The van der Waals surface area contributed by atoms with E-state index in [-0.39, 0.29) is 25.7 Å². The molecule has 0 saturated heterocycles. The summed E-state index contributed by atoms with van der Waals surface area (Å²) in [5, 5.41) is 10.5. The van der Waals surface area contributed by atoms with Crippen LogP contribution in [0.5, 0.6) is 0 Å². The van der Waals surface area contributed by atoms with Crippen LogP contribution in [0.25, 0.3) is 0 Å². The van der Waals surface area contributed by atoms with Gasteiger partial charge in [0, 0.05) is 25.7 Å². The van der Waals surface area contributed by atoms with E-state index in [4.69, 9.17) is 37.0 Å². The number of rotatable bonds is 62. The molecule has 0 aliphatic carbocycles. The van der Waals surface area contributed by atoms with Crippen LogP contribution in [0.3, 0.4) is 0 Å². The molecular weight excluding hydrogens is 1110 g/mol. The zero-order valence-corrected chi connectivity index (χ0v) is 56.3. The summed E-state index contributed by atoms with van der Waals surface area (Å²) in [6.45, 7) is 13.9. The number of hydrogen-bond donors (Lipinski definition) is 3. The van der Waals surface area contributed by atoms with Crippen molar-refractivity contribution in [1.29, 1.82) is 0 Å². The standard InChI is InChI=1S/C65H126O17P2/c1-9-58(8)44-36-28-19-14-15-20-29-37-45-62(67)75-51-60(81-64(69)47-39-31-21-13-11-10-12-17-25-33-41-55(2)3)53-79-83(71,72)77-49-59(66)50-78-84(73,74)80-54-61(82-65(70)48-40-32-24-23-27-35-43-57(6)7)52-76-63(68)46-38-30-22-16-18-26-34-42-56(4)5/h55-61,66H,9-54H2,1-8H3,(H,71,72)(H,73,74)/t58?,59?,60-,61-/m1/s1. The predicted octanol–water partition coefficient (Wildman–Crippen LogP) is 17.8. The smallest absolute Gasteiger partial charge is 0.462 e. The van der Waals surface area contributed by atoms with Gasteiger partial charge in [-0.25, -0.2) is 9.13 Å². The van der Waals surface area contributed by atoms with Gasteiger partial charge in [-0.1, -0.05) is 261 Å². The van der Waals surface area contributed by atoms with Crippen molar-refractivity contribution < 1.29 is 80.2 Å². The second-order valence-corrected chi connectivity index (χ2v) is 28.1. The van der Waals surface area contributed by atoms with Crippen LogP contribution in [0.4, 0.5) is 0 Å². The van der Waals surface area contributed by atoms with E-state index in [0.29, 0.717) is 37.5 Å². The van der Waals surface area contributed by atoms with Crippen molar-refractivity contribution in [3.63, 3.8) is 0 Å². The molecule has 0 bridgehead atoms. The molecule has 0 aromatic heterocycles. The lowest BCUT2D eigenvalue weighted by atomic mass is 9.99. The average molecular weight is 1240 g/mol. The molecule has 3 N–H and O–H groups in total. The number of phosphoric ester groups is 2. The van der Waals surface area contributed by atoms with E-state index < -0.39 is 97.5 Å². The maximum absolute atomic E-state index is 13.0. The maximum Gasteiger partial charge on any atom is 0.472 e. The highest BCUT2D eigenvalue weighted by atomic mass is 31.2. The number of hydrogen-bond acceptors (Lipinski definition) is 15. The van der Waals surface area contributed by atoms with E-state index in [0.717, 1.165) is 108 Å². The summed E-state index contributed by atoms with van der Waals surface area (Å²) in [5.41, 5.74) is 0. The number of carbonyl (C=O) groups is 4. The van der Waals surface area contributed by atoms with Crippen molar-refractivity contribution in [2.45, 2.75) is 331 Å². The molecule has 6 atom stereocenters. The molecule has 0 amide bonds. The van der Waals surface area contributed by atoms with Gasteiger partial charge in [0.25, 0.3) is 0 Å². The van der Waals surface area contributed by atoms with E-state index in [2.05, 4.69) is 55.4 Å². The molecule has 0 saturated carbocycles. The van der Waals surface area contributed by atoms with Gasteiger partial charge in [-0.2, -0.15) is 0 Å². The van der Waals surface area contributed by atoms with E-state index in [1.54, 1.807) is 0 Å². The lowest BCUT2D eigenvalue weighted by Crippen LogP contribution is -2.30. The van der Waals surface area contributed by atoms with Gasteiger partial charge >= 0.3 is 39.5 Å². The molecule has 0 aromatic carbocycles. The Labute approximate surface area is 511 Å². The molecule has 0 spiro atoms. The van der Waals surface area contributed by atoms with E-state index in [9.17, 15) is 43.2 Å². The van der Waals surface area contributed by atoms with Gasteiger partial charge in [0.05, 0.1) is 26.4 Å². The van der Waals surface area contributed by atoms with Crippen molar-refractivity contribution in [1.82, 2.24) is 0 Å². The Morgan fingerprint density at radius 2 is 0.571 bits per heavy atom. The van der Waals surface area contributed by atoms with Crippen LogP contribution in [0, 0.1) is 23.7 Å². The first-order valence-corrected chi connectivity index (χ1v) is 36.7. The molecule has 0 radical (unpaired) electrons. The zero-order valence-electron chi connectivity index (χ0n) is 54.5. The average Bonchev–Trinajstić information content (AvgIpc) is 3.52. The summed E-state index contributed by atoms with van der Waals surface area (Å²) in [5.74, 6) is 0.762. The summed E-state index contributed by atoms with van der Waals surface area (Å²) >= 11 is 0. The Kier molecular flexibility index (Phi) is 53.9. The summed E-state index contributed by atoms with van der Waals surface area (Å²) in [6, 6.07) is 0. The van der Waals surface area contributed by atoms with E-state index >= 15 is 0 Å². The van der Waals surface area contributed by atoms with Gasteiger partial charge in [-0.3, -0.25) is 37.3 Å². The van der Waals surface area contributed by atoms with Crippen molar-refractivity contribution >= 4 is 39.5 Å². The van der Waals surface area contributed by atoms with Crippen molar-refractivity contribution in [2.75, 3.05) is 39.6 Å². The predicted molar refractivity (Wildman–Crippen MR) is 335 cm³/mol. The monoisotopic (exact) mass is 1240 g/mol. The molecule has 84 heavy (non-hydrogen) atoms. The van der Waals surface area contributed by atoms with Crippen LogP contribution in [-0.2, 0) is 65.4 Å². The fraction of sp³-hybridized carbons (Fsp3) is 0.938. The molecule has 19 heteroatoms. The third-order valence-electron chi connectivity index (χ3n) is 15.2. The van der Waals surface area contributed by atoms with Crippen LogP contribution in [0.1, 0.15) is 312 Å². The fourth-order valence-corrected chi connectivity index (χ4v) is 11.2. The van der Waals surface area contributed by atoms with Gasteiger partial charge in [0.2, 0.25) is 0 Å². The van der Waals surface area contributed by atoms with Crippen molar-refractivity contribution in [3.8, 4) is 0 Å². The highest BCUT2D eigenvalue weighted by Gasteiger charge is 2.30. The Bertz CT molecular complexity index is 1680. The molecule has 0 aromatic rings. The van der Waals surface area contributed by atoms with E-state index in [1.165, 1.54) is 109 Å². The Hall–Kier alpha value is -1.94. The lowest BCUT2D eigenvalue weighted by Gasteiger charge is -2.21. The van der Waals surface area contributed by atoms with Gasteiger partial charge < -0.3 is 33.8 Å². The first-order chi connectivity index (χ1) is 40.1. The summed E-state index contributed by atoms with van der Waals surface area (Å²) in [4.78, 5) is 72.2. The van der Waals surface area contributed by atoms with Gasteiger partial charge in [-0.15, -0.1) is 0 Å². The first-order valence-electron chi connectivity index (χ1n) is 33.7. The minimum atomic E-state index is -4.95. The van der Waals surface area contributed by atoms with Crippen LogP contribution >= 0.6 is 15.6 Å². The summed E-state index contributed by atoms with van der Waals surface area (Å²) in [7, 11) is -9.89. The molecule has 0 aliphatic rings. The molecule has 17 nitrogen and oxygen atoms in total. The molecule has 498 valence electrons. The first kappa shape index (κ1) is 82.1. The highest BCUT2D eigenvalue weighted by molar-refractivity contribution is 7.47. The molecule has 0 fully saturated rings. The summed E-state index contributed by atoms with van der Waals surface area (Å²) in [6.07, 6.45) is 35.0. The molecule has 0 rings (SSSR count). The van der Waals surface area contributed by atoms with Gasteiger partial charge in [-0.05, 0) is 49.4 Å². The minimum Gasteiger partial charge on any atom is -0.462 e. The summed E-state index contributed by atoms with van der Waals surface area (Å²) < 4.78 is 68.0. The highest BCUT2D eigenvalue weighted by Crippen LogP contribution is 2.45. The van der Waals surface area contributed by atoms with Crippen LogP contribution < -0.4 is 0 Å². The lowest BCUT2D eigenvalue weighted by molar-refractivity contribution is -0.161. The minimum absolute atomic E-state index is 0.101. The second-order valence-electron chi connectivity index (χ2n) is 25.2. The number of aliphatic hydroxyl groups excluding tert-OH is 1. The van der Waals surface area contributed by atoms with Gasteiger partial charge in [0.15, 0.2) is 12.2 Å². The van der Waals surface area contributed by atoms with Crippen LogP contribution in [0.15, 0.2) is 0 Å². The SMILES string of the molecule is CCC(C)CCCCCCCCCCC(=O)OC[C@H](COP(=O)(O)OCC(O)COP(=O)(O)OC[C@@H](COC(=O)CCCCCCCCCC(C)C)OC(=O)CCCCCCCCC(C)C)OC(=O)CCCCCCCCCCCCC(C)C. The van der Waals surface area contributed by atoms with Gasteiger partial charge in [0.1, 0.15) is 19.3 Å². The molecular formula is C65H126O17P2. The topological polar surface area (TPSA) is 237 Å². The maximum atomic E-state index is 13.0. The Morgan fingerprint density at radius 3 is 0.845 bits per heavy atom. The molecule has 4 unspecified atom stereocenters. The van der Waals surface area contributed by atoms with E-state index in [1.807, 2.05) is 0 Å². The third kappa shape index (κ3) is 57.8. The van der Waals surface area contributed by atoms with Crippen LogP contribution in [-0.4, -0.2) is 96.7 Å². The van der Waals surface area contributed by atoms with Crippen LogP contribution in [0.2, 0.25) is 0 Å². The Morgan fingerprint density at radius 1 is 0.333 bits per heavy atom. The number of carbonyl (C=O) groups excluding carboxylic acids is 4. The van der Waals surface area contributed by atoms with Crippen molar-refractivity contribution in [3.05, 3.63) is 0 Å². The number of unbranched alkanes of at least 4 members (excludes halogenated alkanes) is 27. The number of phosphoric acid groups is 2. The molecule has 0 aliphatic heterocycles. The quantitative estimate of drug-likeness (QED) is 0.0222. The number of esters is 4. The normalized spacial score (nSPS) is 14.7. The largest absolute Gasteiger partial charge is 0.472 e. The second kappa shape index (κ2) is 55.2. The third-order valence-corrected chi connectivity index (χ3v) is 17.1.